The molecule has 0 aromatic heterocycles. The Kier molecular flexibility index (Phi) is 6.48. The van der Waals surface area contributed by atoms with Crippen LogP contribution in [0, 0.1) is 17.0 Å². The van der Waals surface area contributed by atoms with E-state index in [1.54, 1.807) is 18.2 Å². The van der Waals surface area contributed by atoms with Gasteiger partial charge >= 0.3 is 0 Å². The second kappa shape index (κ2) is 9.27. The second-order valence-electron chi connectivity index (χ2n) is 7.22. The number of nitrogen functional groups attached to an aromatic ring is 1. The number of phenols is 1. The van der Waals surface area contributed by atoms with Gasteiger partial charge in [-0.2, -0.15) is 0 Å². The number of hydrogen-bond donors (Lipinski definition) is 3. The molecule has 0 heterocycles. The van der Waals surface area contributed by atoms with Crippen LogP contribution < -0.4 is 20.7 Å². The van der Waals surface area contributed by atoms with Gasteiger partial charge in [-0.15, -0.1) is 0 Å². The summed E-state index contributed by atoms with van der Waals surface area (Å²) in [4.78, 5) is 37.3. The maximum Gasteiger partial charge on any atom is 0.292 e. The minimum atomic E-state index is -0.671. The van der Waals surface area contributed by atoms with Gasteiger partial charge in [0.25, 0.3) is 17.5 Å². The summed E-state index contributed by atoms with van der Waals surface area (Å²) in [5.74, 6) is -0.917. The van der Waals surface area contributed by atoms with E-state index in [1.165, 1.54) is 55.5 Å². The lowest BCUT2D eigenvalue weighted by Crippen LogP contribution is -2.26. The fourth-order valence-corrected chi connectivity index (χ4v) is 3.25. The number of methoxy groups -OCH3 is 1. The van der Waals surface area contributed by atoms with Crippen molar-refractivity contribution >= 4 is 34.6 Å². The van der Waals surface area contributed by atoms with Gasteiger partial charge in [-0.3, -0.25) is 19.7 Å². The van der Waals surface area contributed by atoms with E-state index in [2.05, 4.69) is 5.32 Å². The Hall–Kier alpha value is -4.60. The van der Waals surface area contributed by atoms with Crippen molar-refractivity contribution in [1.29, 1.82) is 0 Å². The first kappa shape index (κ1) is 23.1. The van der Waals surface area contributed by atoms with E-state index in [1.807, 2.05) is 6.92 Å². The van der Waals surface area contributed by atoms with Crippen LogP contribution in [0.25, 0.3) is 0 Å². The van der Waals surface area contributed by atoms with Crippen molar-refractivity contribution < 1.29 is 24.4 Å². The van der Waals surface area contributed by atoms with Crippen molar-refractivity contribution in [3.8, 4) is 11.5 Å². The number of nitro benzene ring substituents is 1. The van der Waals surface area contributed by atoms with E-state index in [-0.39, 0.29) is 39.7 Å². The number of hydrogen-bond acceptors (Lipinski definition) is 7. The van der Waals surface area contributed by atoms with E-state index in [4.69, 9.17) is 10.5 Å². The first-order chi connectivity index (χ1) is 15.6. The van der Waals surface area contributed by atoms with Crippen LogP contribution in [-0.2, 0) is 0 Å². The van der Waals surface area contributed by atoms with Crippen LogP contribution in [0.5, 0.6) is 11.5 Å². The highest BCUT2D eigenvalue weighted by molar-refractivity contribution is 6.10. The van der Waals surface area contributed by atoms with E-state index in [9.17, 15) is 24.8 Å². The van der Waals surface area contributed by atoms with Crippen molar-refractivity contribution in [2.45, 2.75) is 6.92 Å². The average molecular weight is 450 g/mol. The summed E-state index contributed by atoms with van der Waals surface area (Å²) in [5, 5.41) is 23.8. The van der Waals surface area contributed by atoms with Gasteiger partial charge in [0.1, 0.15) is 17.2 Å². The van der Waals surface area contributed by atoms with Crippen LogP contribution in [0.2, 0.25) is 0 Å². The molecule has 2 amide bonds. The summed E-state index contributed by atoms with van der Waals surface area (Å²) in [6.45, 7) is 1.82. The molecule has 3 aromatic rings. The number of benzene rings is 3. The molecule has 0 saturated heterocycles. The normalized spacial score (nSPS) is 10.4. The largest absolute Gasteiger partial charge is 0.506 e. The summed E-state index contributed by atoms with van der Waals surface area (Å²) >= 11 is 0. The van der Waals surface area contributed by atoms with Crippen LogP contribution >= 0.6 is 0 Å². The monoisotopic (exact) mass is 450 g/mol. The smallest absolute Gasteiger partial charge is 0.292 e. The molecule has 0 spiro atoms. The maximum atomic E-state index is 12.9. The molecule has 0 unspecified atom stereocenters. The number of nitrogens with two attached hydrogens (primary N) is 1. The lowest BCUT2D eigenvalue weighted by Gasteiger charge is -2.20. The standard InChI is InChI=1S/C23H22N4O6/c1-13-7-10-17(19(28)11-13)26(2)23(30)14-8-9-16(20(12-14)33-3)25-22(29)15-5-4-6-18(21(15)24)27(31)32/h4-12,28H,24H2,1-3H3,(H,25,29). The van der Waals surface area contributed by atoms with Gasteiger partial charge < -0.3 is 25.8 Å². The van der Waals surface area contributed by atoms with E-state index < -0.39 is 16.7 Å². The summed E-state index contributed by atoms with van der Waals surface area (Å²) in [5.41, 5.74) is 6.75. The predicted octanol–water partition coefficient (Wildman–Crippen LogP) is 3.73. The molecule has 0 aliphatic carbocycles. The maximum absolute atomic E-state index is 12.9. The third kappa shape index (κ3) is 4.69. The average Bonchev–Trinajstić information content (AvgIpc) is 2.78. The van der Waals surface area contributed by atoms with Crippen molar-refractivity contribution in [3.05, 3.63) is 81.4 Å². The van der Waals surface area contributed by atoms with Crippen LogP contribution in [0.4, 0.5) is 22.7 Å². The Balaban J connectivity index is 1.87. The van der Waals surface area contributed by atoms with Crippen molar-refractivity contribution in [2.75, 3.05) is 30.1 Å². The molecule has 0 aliphatic rings. The SMILES string of the molecule is COc1cc(C(=O)N(C)c2ccc(C)cc2O)ccc1NC(=O)c1cccc([N+](=O)[O-])c1N. The number of phenolic OH excluding ortho intramolecular Hbond substituents is 1. The van der Waals surface area contributed by atoms with E-state index >= 15 is 0 Å². The quantitative estimate of drug-likeness (QED) is 0.294. The molecule has 3 rings (SSSR count). The number of aromatic hydroxyl groups is 1. The number of nitrogens with zero attached hydrogens (tertiary/aromatic N) is 2. The number of amides is 2. The number of anilines is 3. The molecule has 0 aliphatic heterocycles. The molecular weight excluding hydrogens is 428 g/mol. The molecule has 3 aromatic carbocycles. The first-order valence-corrected chi connectivity index (χ1v) is 9.74. The molecule has 0 saturated carbocycles. The zero-order valence-electron chi connectivity index (χ0n) is 18.2. The van der Waals surface area contributed by atoms with E-state index in [0.29, 0.717) is 5.69 Å². The summed E-state index contributed by atoms with van der Waals surface area (Å²) in [7, 11) is 2.90. The van der Waals surface area contributed by atoms with Crippen LogP contribution in [-0.4, -0.2) is 36.0 Å². The molecule has 10 nitrogen and oxygen atoms in total. The Morgan fingerprint density at radius 2 is 1.88 bits per heavy atom. The number of aryl methyl sites for hydroxylation is 1. The zero-order valence-corrected chi connectivity index (χ0v) is 18.2. The van der Waals surface area contributed by atoms with Gasteiger partial charge in [0.15, 0.2) is 0 Å². The van der Waals surface area contributed by atoms with Crippen molar-refractivity contribution in [3.63, 3.8) is 0 Å². The number of nitro groups is 1. The number of ether oxygens (including phenoxy) is 1. The van der Waals surface area contributed by atoms with Crippen molar-refractivity contribution in [2.24, 2.45) is 0 Å². The van der Waals surface area contributed by atoms with Gasteiger partial charge in [-0.05, 0) is 48.9 Å². The molecule has 0 bridgehead atoms. The van der Waals surface area contributed by atoms with Gasteiger partial charge in [0.05, 0.1) is 29.0 Å². The Bertz CT molecular complexity index is 1260. The van der Waals surface area contributed by atoms with Crippen LogP contribution in [0.15, 0.2) is 54.6 Å². The van der Waals surface area contributed by atoms with Gasteiger partial charge in [-0.1, -0.05) is 12.1 Å². The lowest BCUT2D eigenvalue weighted by molar-refractivity contribution is -0.383. The van der Waals surface area contributed by atoms with Gasteiger partial charge in [-0.25, -0.2) is 0 Å². The summed E-state index contributed by atoms with van der Waals surface area (Å²) in [6.07, 6.45) is 0. The number of rotatable bonds is 6. The minimum Gasteiger partial charge on any atom is -0.506 e. The molecular formula is C23H22N4O6. The highest BCUT2D eigenvalue weighted by Gasteiger charge is 2.22. The Labute approximate surface area is 189 Å². The molecule has 10 heteroatoms. The topological polar surface area (TPSA) is 148 Å². The highest BCUT2D eigenvalue weighted by Crippen LogP contribution is 2.32. The van der Waals surface area contributed by atoms with Gasteiger partial charge in [0.2, 0.25) is 0 Å². The molecule has 4 N–H and O–H groups in total. The van der Waals surface area contributed by atoms with Crippen LogP contribution in [0.3, 0.4) is 0 Å². The predicted molar refractivity (Wildman–Crippen MR) is 124 cm³/mol. The molecule has 0 fully saturated rings. The Morgan fingerprint density at radius 1 is 1.15 bits per heavy atom. The molecule has 0 radical (unpaired) electrons. The number of nitrogens with one attached hydrogen (secondary N) is 1. The summed E-state index contributed by atoms with van der Waals surface area (Å²) < 4.78 is 5.32. The highest BCUT2D eigenvalue weighted by atomic mass is 16.6. The second-order valence-corrected chi connectivity index (χ2v) is 7.22. The third-order valence-corrected chi connectivity index (χ3v) is 5.02. The van der Waals surface area contributed by atoms with E-state index in [0.717, 1.165) is 5.56 Å². The third-order valence-electron chi connectivity index (χ3n) is 5.02. The number of carbonyl (C=O) groups excluding carboxylic acids is 2. The zero-order chi connectivity index (χ0) is 24.3. The van der Waals surface area contributed by atoms with Crippen molar-refractivity contribution in [1.82, 2.24) is 0 Å². The number of para-hydroxylation sites is 1. The Morgan fingerprint density at radius 3 is 2.52 bits per heavy atom. The summed E-state index contributed by atoms with van der Waals surface area (Å²) in [6, 6.07) is 13.3. The minimum absolute atomic E-state index is 0.0313. The molecule has 170 valence electrons. The lowest BCUT2D eigenvalue weighted by atomic mass is 10.1. The first-order valence-electron chi connectivity index (χ1n) is 9.74. The fourth-order valence-electron chi connectivity index (χ4n) is 3.25. The molecule has 33 heavy (non-hydrogen) atoms. The fraction of sp³-hybridized carbons (Fsp3) is 0.130. The van der Waals surface area contributed by atoms with Crippen LogP contribution in [0.1, 0.15) is 26.3 Å². The number of carbonyl (C=O) groups is 2. The van der Waals surface area contributed by atoms with Gasteiger partial charge in [0, 0.05) is 18.7 Å². The molecule has 0 atom stereocenters.